The quantitative estimate of drug-likeness (QED) is 0.748. The normalized spacial score (nSPS) is 10.6. The maximum Gasteiger partial charge on any atom is 0.220 e. The lowest BCUT2D eigenvalue weighted by molar-refractivity contribution is 1.24. The van der Waals surface area contributed by atoms with Crippen molar-refractivity contribution in [3.05, 3.63) is 15.1 Å². The molecule has 5 heteroatoms. The molecule has 0 unspecified atom stereocenters. The van der Waals surface area contributed by atoms with Crippen LogP contribution in [0.15, 0.2) is 11.6 Å². The van der Waals surface area contributed by atoms with Gasteiger partial charge in [0.25, 0.3) is 0 Å². The van der Waals surface area contributed by atoms with E-state index in [0.29, 0.717) is 5.95 Å². The SMILES string of the molecule is Nc1ncc2scc(I)c2n1. The fraction of sp³-hybridized carbons (Fsp3) is 0. The van der Waals surface area contributed by atoms with Crippen LogP contribution in [0, 0.1) is 3.57 Å². The Labute approximate surface area is 80.8 Å². The van der Waals surface area contributed by atoms with Crippen LogP contribution in [0.3, 0.4) is 0 Å². The van der Waals surface area contributed by atoms with Gasteiger partial charge in [0.2, 0.25) is 5.95 Å². The lowest BCUT2D eigenvalue weighted by atomic mass is 10.5. The molecule has 2 aromatic rings. The van der Waals surface area contributed by atoms with E-state index in [-0.39, 0.29) is 0 Å². The fourth-order valence-corrected chi connectivity index (χ4v) is 2.51. The number of fused-ring (bicyclic) bond motifs is 1. The molecule has 56 valence electrons. The van der Waals surface area contributed by atoms with Crippen LogP contribution in [0.1, 0.15) is 0 Å². The van der Waals surface area contributed by atoms with Crippen LogP contribution < -0.4 is 5.73 Å². The minimum Gasteiger partial charge on any atom is -0.368 e. The summed E-state index contributed by atoms with van der Waals surface area (Å²) in [6.45, 7) is 0. The van der Waals surface area contributed by atoms with Crippen molar-refractivity contribution in [3.8, 4) is 0 Å². The molecule has 0 saturated heterocycles. The third-order valence-electron chi connectivity index (χ3n) is 1.29. The van der Waals surface area contributed by atoms with E-state index in [1.54, 1.807) is 17.5 Å². The zero-order chi connectivity index (χ0) is 7.84. The number of nitrogens with zero attached hydrogens (tertiary/aromatic N) is 2. The standard InChI is InChI=1S/C6H4IN3S/c7-3-2-11-4-1-9-6(8)10-5(3)4/h1-2H,(H2,8,9,10). The molecule has 11 heavy (non-hydrogen) atoms. The summed E-state index contributed by atoms with van der Waals surface area (Å²) in [7, 11) is 0. The number of rotatable bonds is 0. The largest absolute Gasteiger partial charge is 0.368 e. The highest BCUT2D eigenvalue weighted by Crippen LogP contribution is 2.24. The zero-order valence-corrected chi connectivity index (χ0v) is 8.39. The topological polar surface area (TPSA) is 51.8 Å². The Kier molecular flexibility index (Phi) is 1.68. The van der Waals surface area contributed by atoms with Gasteiger partial charge in [-0.1, -0.05) is 0 Å². The lowest BCUT2D eigenvalue weighted by Crippen LogP contribution is -1.92. The highest BCUT2D eigenvalue weighted by atomic mass is 127. The highest BCUT2D eigenvalue weighted by molar-refractivity contribution is 14.1. The van der Waals surface area contributed by atoms with E-state index < -0.39 is 0 Å². The Balaban J connectivity index is 2.87. The molecule has 0 amide bonds. The Morgan fingerprint density at radius 1 is 1.55 bits per heavy atom. The van der Waals surface area contributed by atoms with E-state index in [4.69, 9.17) is 5.73 Å². The smallest absolute Gasteiger partial charge is 0.220 e. The van der Waals surface area contributed by atoms with Gasteiger partial charge in [0.15, 0.2) is 0 Å². The first-order valence-corrected chi connectivity index (χ1v) is 4.88. The van der Waals surface area contributed by atoms with Crippen LogP contribution in [-0.2, 0) is 0 Å². The number of thiophene rings is 1. The Bertz CT molecular complexity index is 398. The second-order valence-corrected chi connectivity index (χ2v) is 4.10. The van der Waals surface area contributed by atoms with Crippen molar-refractivity contribution in [2.24, 2.45) is 0 Å². The summed E-state index contributed by atoms with van der Waals surface area (Å²) in [6, 6.07) is 0. The third kappa shape index (κ3) is 1.18. The fourth-order valence-electron chi connectivity index (χ4n) is 0.813. The Morgan fingerprint density at radius 3 is 3.18 bits per heavy atom. The molecule has 2 aromatic heterocycles. The predicted molar refractivity (Wildman–Crippen MR) is 54.5 cm³/mol. The van der Waals surface area contributed by atoms with Gasteiger partial charge in [-0.2, -0.15) is 0 Å². The maximum atomic E-state index is 5.43. The van der Waals surface area contributed by atoms with Crippen LogP contribution >= 0.6 is 33.9 Å². The summed E-state index contributed by atoms with van der Waals surface area (Å²) in [4.78, 5) is 8.00. The van der Waals surface area contributed by atoms with Crippen LogP contribution in [-0.4, -0.2) is 9.97 Å². The van der Waals surface area contributed by atoms with Gasteiger partial charge in [-0.3, -0.25) is 0 Å². The van der Waals surface area contributed by atoms with Gasteiger partial charge in [-0.25, -0.2) is 9.97 Å². The molecule has 2 N–H and O–H groups in total. The minimum atomic E-state index is 0.341. The minimum absolute atomic E-state index is 0.341. The number of aromatic nitrogens is 2. The first kappa shape index (κ1) is 7.23. The lowest BCUT2D eigenvalue weighted by Gasteiger charge is -1.90. The van der Waals surface area contributed by atoms with E-state index in [9.17, 15) is 0 Å². The monoisotopic (exact) mass is 277 g/mol. The van der Waals surface area contributed by atoms with E-state index in [1.807, 2.05) is 5.38 Å². The van der Waals surface area contributed by atoms with Gasteiger partial charge >= 0.3 is 0 Å². The average Bonchev–Trinajstić information content (AvgIpc) is 2.33. The molecule has 0 aliphatic carbocycles. The third-order valence-corrected chi connectivity index (χ3v) is 3.44. The summed E-state index contributed by atoms with van der Waals surface area (Å²) >= 11 is 3.87. The van der Waals surface area contributed by atoms with Crippen LogP contribution in [0.5, 0.6) is 0 Å². The number of nitrogen functional groups attached to an aromatic ring is 1. The van der Waals surface area contributed by atoms with Gasteiger partial charge in [0.1, 0.15) is 0 Å². The number of halogens is 1. The Morgan fingerprint density at radius 2 is 2.36 bits per heavy atom. The predicted octanol–water partition coefficient (Wildman–Crippen LogP) is 1.88. The molecule has 0 saturated carbocycles. The number of anilines is 1. The molecule has 0 bridgehead atoms. The van der Waals surface area contributed by atoms with Gasteiger partial charge in [-0.15, -0.1) is 11.3 Å². The molecule has 0 fully saturated rings. The van der Waals surface area contributed by atoms with Gasteiger partial charge in [0.05, 0.1) is 20.0 Å². The van der Waals surface area contributed by atoms with Gasteiger partial charge in [0, 0.05) is 5.38 Å². The van der Waals surface area contributed by atoms with Crippen molar-refractivity contribution in [1.29, 1.82) is 0 Å². The van der Waals surface area contributed by atoms with Crippen LogP contribution in [0.25, 0.3) is 10.2 Å². The molecule has 0 aromatic carbocycles. The molecule has 3 nitrogen and oxygen atoms in total. The van der Waals surface area contributed by atoms with Crippen molar-refractivity contribution in [2.45, 2.75) is 0 Å². The van der Waals surface area contributed by atoms with Crippen LogP contribution in [0.2, 0.25) is 0 Å². The summed E-state index contributed by atoms with van der Waals surface area (Å²) in [6.07, 6.45) is 1.75. The molecule has 0 aliphatic heterocycles. The first-order valence-electron chi connectivity index (χ1n) is 2.92. The van der Waals surface area contributed by atoms with E-state index in [1.165, 1.54) is 0 Å². The van der Waals surface area contributed by atoms with Crippen LogP contribution in [0.4, 0.5) is 5.95 Å². The van der Waals surface area contributed by atoms with Crippen molar-refractivity contribution in [3.63, 3.8) is 0 Å². The van der Waals surface area contributed by atoms with Crippen molar-refractivity contribution >= 4 is 50.1 Å². The number of hydrogen-bond donors (Lipinski definition) is 1. The molecule has 0 aliphatic rings. The van der Waals surface area contributed by atoms with E-state index >= 15 is 0 Å². The van der Waals surface area contributed by atoms with Crippen molar-refractivity contribution in [1.82, 2.24) is 9.97 Å². The summed E-state index contributed by atoms with van der Waals surface area (Å²) < 4.78 is 2.22. The second-order valence-electron chi connectivity index (χ2n) is 2.02. The van der Waals surface area contributed by atoms with Crippen molar-refractivity contribution in [2.75, 3.05) is 5.73 Å². The average molecular weight is 277 g/mol. The zero-order valence-electron chi connectivity index (χ0n) is 5.41. The summed E-state index contributed by atoms with van der Waals surface area (Å²) in [5.41, 5.74) is 6.39. The molecular weight excluding hydrogens is 273 g/mol. The molecule has 2 heterocycles. The molecule has 0 radical (unpaired) electrons. The highest BCUT2D eigenvalue weighted by Gasteiger charge is 2.02. The summed E-state index contributed by atoms with van der Waals surface area (Å²) in [5.74, 6) is 0.341. The van der Waals surface area contributed by atoms with Crippen molar-refractivity contribution < 1.29 is 0 Å². The molecular formula is C6H4IN3S. The second kappa shape index (κ2) is 2.56. The van der Waals surface area contributed by atoms with E-state index in [0.717, 1.165) is 13.8 Å². The molecule has 2 rings (SSSR count). The molecule has 0 spiro atoms. The van der Waals surface area contributed by atoms with Gasteiger partial charge < -0.3 is 5.73 Å². The van der Waals surface area contributed by atoms with Gasteiger partial charge in [-0.05, 0) is 22.6 Å². The number of hydrogen-bond acceptors (Lipinski definition) is 4. The number of nitrogens with two attached hydrogens (primary N) is 1. The summed E-state index contributed by atoms with van der Waals surface area (Å²) in [5, 5.41) is 2.04. The van der Waals surface area contributed by atoms with E-state index in [2.05, 4.69) is 32.6 Å². The first-order chi connectivity index (χ1) is 5.27. The Hall–Kier alpha value is -0.430. The molecule has 0 atom stereocenters. The maximum absolute atomic E-state index is 5.43.